The number of carbonyl (C=O) groups excluding carboxylic acids is 1. The first kappa shape index (κ1) is 21.0. The van der Waals surface area contributed by atoms with Crippen molar-refractivity contribution in [2.75, 3.05) is 11.9 Å². The summed E-state index contributed by atoms with van der Waals surface area (Å²) < 4.78 is 40.4. The van der Waals surface area contributed by atoms with Crippen LogP contribution in [0.25, 0.3) is 0 Å². The van der Waals surface area contributed by atoms with Crippen molar-refractivity contribution in [2.45, 2.75) is 37.1 Å². The van der Waals surface area contributed by atoms with Gasteiger partial charge in [0.1, 0.15) is 5.82 Å². The summed E-state index contributed by atoms with van der Waals surface area (Å²) in [6, 6.07) is 10.6. The Labute approximate surface area is 159 Å². The Morgan fingerprint density at radius 2 is 1.74 bits per heavy atom. The van der Waals surface area contributed by atoms with Crippen molar-refractivity contribution in [3.8, 4) is 0 Å². The summed E-state index contributed by atoms with van der Waals surface area (Å²) in [6.45, 7) is 2.26. The standard InChI is InChI=1S/C19H24FN3O3S/c1-2-3-4-17(13-21)23-27(25,26)18-11-9-16(10-12-18)22-19(24)14-5-7-15(20)8-6-14/h5-12,17,23H,2-4,13,21H2,1H3,(H,22,24). The minimum Gasteiger partial charge on any atom is -0.329 e. The molecule has 2 aromatic carbocycles. The molecule has 1 atom stereocenters. The smallest absolute Gasteiger partial charge is 0.255 e. The molecule has 0 aliphatic carbocycles. The van der Waals surface area contributed by atoms with Crippen molar-refractivity contribution in [2.24, 2.45) is 5.73 Å². The van der Waals surface area contributed by atoms with Crippen molar-refractivity contribution in [1.82, 2.24) is 4.72 Å². The molecular formula is C19H24FN3O3S. The molecule has 0 aliphatic heterocycles. The highest BCUT2D eigenvalue weighted by Gasteiger charge is 2.19. The first-order valence-corrected chi connectivity index (χ1v) is 10.2. The maximum absolute atomic E-state index is 12.9. The van der Waals surface area contributed by atoms with Crippen LogP contribution in [-0.2, 0) is 10.0 Å². The van der Waals surface area contributed by atoms with Crippen LogP contribution >= 0.6 is 0 Å². The van der Waals surface area contributed by atoms with Gasteiger partial charge in [-0.2, -0.15) is 0 Å². The lowest BCUT2D eigenvalue weighted by atomic mass is 10.1. The molecule has 146 valence electrons. The van der Waals surface area contributed by atoms with Gasteiger partial charge in [-0.25, -0.2) is 17.5 Å². The van der Waals surface area contributed by atoms with Gasteiger partial charge >= 0.3 is 0 Å². The molecule has 0 saturated heterocycles. The molecule has 8 heteroatoms. The van der Waals surface area contributed by atoms with Crippen molar-refractivity contribution in [3.05, 3.63) is 59.9 Å². The number of nitrogens with two attached hydrogens (primary N) is 1. The van der Waals surface area contributed by atoms with Gasteiger partial charge in [-0.05, 0) is 55.0 Å². The summed E-state index contributed by atoms with van der Waals surface area (Å²) in [5.41, 5.74) is 6.38. The number of halogens is 1. The zero-order valence-electron chi connectivity index (χ0n) is 15.1. The molecule has 0 aromatic heterocycles. The first-order chi connectivity index (χ1) is 12.9. The van der Waals surface area contributed by atoms with Crippen LogP contribution in [-0.4, -0.2) is 26.9 Å². The summed E-state index contributed by atoms with van der Waals surface area (Å²) >= 11 is 0. The molecule has 0 spiro atoms. The average molecular weight is 393 g/mol. The van der Waals surface area contributed by atoms with E-state index in [4.69, 9.17) is 5.73 Å². The van der Waals surface area contributed by atoms with Crippen LogP contribution < -0.4 is 15.8 Å². The summed E-state index contributed by atoms with van der Waals surface area (Å²) in [5.74, 6) is -0.838. The highest BCUT2D eigenvalue weighted by molar-refractivity contribution is 7.89. The van der Waals surface area contributed by atoms with Crippen molar-refractivity contribution >= 4 is 21.6 Å². The highest BCUT2D eigenvalue weighted by Crippen LogP contribution is 2.16. The van der Waals surface area contributed by atoms with Crippen LogP contribution in [0.1, 0.15) is 36.5 Å². The number of hydrogen-bond donors (Lipinski definition) is 3. The fraction of sp³-hybridized carbons (Fsp3) is 0.316. The third kappa shape index (κ3) is 6.13. The highest BCUT2D eigenvalue weighted by atomic mass is 32.2. The Bertz CT molecular complexity index is 853. The lowest BCUT2D eigenvalue weighted by molar-refractivity contribution is 0.102. The van der Waals surface area contributed by atoms with E-state index < -0.39 is 21.7 Å². The summed E-state index contributed by atoms with van der Waals surface area (Å²) in [4.78, 5) is 12.2. The third-order valence-electron chi connectivity index (χ3n) is 4.04. The van der Waals surface area contributed by atoms with E-state index in [0.717, 1.165) is 12.8 Å². The molecule has 0 radical (unpaired) electrons. The molecule has 0 heterocycles. The van der Waals surface area contributed by atoms with Gasteiger partial charge in [-0.15, -0.1) is 0 Å². The Balaban J connectivity index is 2.04. The molecule has 4 N–H and O–H groups in total. The lowest BCUT2D eigenvalue weighted by Gasteiger charge is -2.16. The van der Waals surface area contributed by atoms with Gasteiger partial charge in [-0.3, -0.25) is 4.79 Å². The van der Waals surface area contributed by atoms with Gasteiger partial charge in [0.2, 0.25) is 10.0 Å². The molecule has 2 aromatic rings. The average Bonchev–Trinajstić information content (AvgIpc) is 2.66. The van der Waals surface area contributed by atoms with E-state index in [1.165, 1.54) is 48.5 Å². The van der Waals surface area contributed by atoms with Gasteiger partial charge in [0.25, 0.3) is 5.91 Å². The largest absolute Gasteiger partial charge is 0.329 e. The van der Waals surface area contributed by atoms with Gasteiger partial charge in [0.05, 0.1) is 4.90 Å². The zero-order valence-corrected chi connectivity index (χ0v) is 15.9. The van der Waals surface area contributed by atoms with E-state index in [2.05, 4.69) is 10.0 Å². The number of hydrogen-bond acceptors (Lipinski definition) is 4. The maximum atomic E-state index is 12.9. The fourth-order valence-corrected chi connectivity index (χ4v) is 3.77. The topological polar surface area (TPSA) is 101 Å². The number of benzene rings is 2. The van der Waals surface area contributed by atoms with Crippen LogP contribution in [0.4, 0.5) is 10.1 Å². The Kier molecular flexibility index (Phi) is 7.46. The Morgan fingerprint density at radius 3 is 2.30 bits per heavy atom. The summed E-state index contributed by atoms with van der Waals surface area (Å²) in [7, 11) is -3.69. The maximum Gasteiger partial charge on any atom is 0.255 e. The van der Waals surface area contributed by atoms with E-state index in [1.54, 1.807) is 0 Å². The minimum absolute atomic E-state index is 0.0947. The minimum atomic E-state index is -3.69. The lowest BCUT2D eigenvalue weighted by Crippen LogP contribution is -2.40. The summed E-state index contributed by atoms with van der Waals surface area (Å²) in [6.07, 6.45) is 2.53. The third-order valence-corrected chi connectivity index (χ3v) is 5.58. The molecule has 6 nitrogen and oxygen atoms in total. The molecule has 0 fully saturated rings. The molecule has 0 bridgehead atoms. The predicted molar refractivity (Wildman–Crippen MR) is 103 cm³/mol. The zero-order chi connectivity index (χ0) is 19.9. The molecule has 27 heavy (non-hydrogen) atoms. The second kappa shape index (κ2) is 9.59. The number of sulfonamides is 1. The first-order valence-electron chi connectivity index (χ1n) is 8.75. The van der Waals surface area contributed by atoms with Gasteiger partial charge in [0, 0.05) is 23.8 Å². The van der Waals surface area contributed by atoms with Crippen LogP contribution in [0.2, 0.25) is 0 Å². The van der Waals surface area contributed by atoms with Crippen LogP contribution in [0.15, 0.2) is 53.4 Å². The van der Waals surface area contributed by atoms with Crippen molar-refractivity contribution in [3.63, 3.8) is 0 Å². The Hall–Kier alpha value is -2.29. The van der Waals surface area contributed by atoms with E-state index in [0.29, 0.717) is 17.7 Å². The number of anilines is 1. The number of rotatable bonds is 9. The quantitative estimate of drug-likeness (QED) is 0.610. The van der Waals surface area contributed by atoms with Gasteiger partial charge < -0.3 is 11.1 Å². The second-order valence-corrected chi connectivity index (χ2v) is 7.90. The molecule has 1 unspecified atom stereocenters. The van der Waals surface area contributed by atoms with Crippen molar-refractivity contribution < 1.29 is 17.6 Å². The number of nitrogens with one attached hydrogen (secondary N) is 2. The van der Waals surface area contributed by atoms with E-state index in [1.807, 2.05) is 6.92 Å². The van der Waals surface area contributed by atoms with E-state index in [-0.39, 0.29) is 17.5 Å². The monoisotopic (exact) mass is 393 g/mol. The fourth-order valence-electron chi connectivity index (χ4n) is 2.48. The molecular weight excluding hydrogens is 369 g/mol. The van der Waals surface area contributed by atoms with Crippen LogP contribution in [0.5, 0.6) is 0 Å². The van der Waals surface area contributed by atoms with Crippen LogP contribution in [0, 0.1) is 5.82 Å². The van der Waals surface area contributed by atoms with Gasteiger partial charge in [0.15, 0.2) is 0 Å². The second-order valence-electron chi connectivity index (χ2n) is 6.18. The Morgan fingerprint density at radius 1 is 1.11 bits per heavy atom. The predicted octanol–water partition coefficient (Wildman–Crippen LogP) is 2.87. The SMILES string of the molecule is CCCCC(CN)NS(=O)(=O)c1ccc(NC(=O)c2ccc(F)cc2)cc1. The van der Waals surface area contributed by atoms with Crippen molar-refractivity contribution in [1.29, 1.82) is 0 Å². The van der Waals surface area contributed by atoms with E-state index in [9.17, 15) is 17.6 Å². The normalized spacial score (nSPS) is 12.6. The van der Waals surface area contributed by atoms with Gasteiger partial charge in [-0.1, -0.05) is 19.8 Å². The molecule has 0 saturated carbocycles. The number of unbranched alkanes of at least 4 members (excludes halogenated alkanes) is 1. The number of amides is 1. The number of carbonyl (C=O) groups is 1. The van der Waals surface area contributed by atoms with E-state index >= 15 is 0 Å². The summed E-state index contributed by atoms with van der Waals surface area (Å²) in [5, 5.41) is 2.64. The molecule has 1 amide bonds. The molecule has 2 rings (SSSR count). The molecule has 0 aliphatic rings. The van der Waals surface area contributed by atoms with Crippen LogP contribution in [0.3, 0.4) is 0 Å².